The number of rotatable bonds is 2. The van der Waals surface area contributed by atoms with E-state index in [4.69, 9.17) is 0 Å². The zero-order valence-corrected chi connectivity index (χ0v) is 12.4. The summed E-state index contributed by atoms with van der Waals surface area (Å²) in [6.45, 7) is 5.85. The molecule has 6 nitrogen and oxygen atoms in total. The van der Waals surface area contributed by atoms with Crippen molar-refractivity contribution >= 4 is 0 Å². The van der Waals surface area contributed by atoms with Crippen LogP contribution in [-0.4, -0.2) is 31.9 Å². The van der Waals surface area contributed by atoms with Crippen LogP contribution in [0.4, 0.5) is 0 Å². The lowest BCUT2D eigenvalue weighted by atomic mass is 10.0. The monoisotopic (exact) mass is 304 g/mol. The summed E-state index contributed by atoms with van der Waals surface area (Å²) in [4.78, 5) is 7.15. The standard InChI is InChI=1S/C10H14N2.C4H6.CH4.4H2O/c1-8-2-3-9(4-8)5-10-6-11-7-12-10;1-3-4-2;;;;;/h4,6-7,9H,2-3,5H2,1H3,(H,11,12);1-2H3;1H4;4*1H2. The van der Waals surface area contributed by atoms with Crippen LogP contribution < -0.4 is 0 Å². The van der Waals surface area contributed by atoms with Crippen molar-refractivity contribution in [2.75, 3.05) is 0 Å². The lowest BCUT2D eigenvalue weighted by Crippen LogP contribution is -1.97. The highest BCUT2D eigenvalue weighted by atomic mass is 16.0. The fraction of sp³-hybridized carbons (Fsp3) is 0.533. The van der Waals surface area contributed by atoms with E-state index in [9.17, 15) is 0 Å². The van der Waals surface area contributed by atoms with Crippen molar-refractivity contribution in [3.8, 4) is 11.8 Å². The fourth-order valence-corrected chi connectivity index (χ4v) is 1.82. The van der Waals surface area contributed by atoms with Gasteiger partial charge in [-0.05, 0) is 46.0 Å². The Morgan fingerprint density at radius 2 is 1.76 bits per heavy atom. The molecule has 6 heteroatoms. The van der Waals surface area contributed by atoms with Crippen LogP contribution in [0.2, 0.25) is 0 Å². The Morgan fingerprint density at radius 3 is 2.10 bits per heavy atom. The topological polar surface area (TPSA) is 155 Å². The molecule has 1 aliphatic carbocycles. The minimum Gasteiger partial charge on any atom is -0.412 e. The van der Waals surface area contributed by atoms with Gasteiger partial charge in [0.15, 0.2) is 0 Å². The molecule has 1 unspecified atom stereocenters. The first-order chi connectivity index (χ1) is 7.76. The summed E-state index contributed by atoms with van der Waals surface area (Å²) in [5.41, 5.74) is 2.80. The molecule has 0 saturated heterocycles. The fourth-order valence-electron chi connectivity index (χ4n) is 1.82. The molecule has 0 saturated carbocycles. The van der Waals surface area contributed by atoms with Gasteiger partial charge in [-0.15, -0.1) is 11.8 Å². The van der Waals surface area contributed by atoms with E-state index in [1.54, 1.807) is 11.9 Å². The second kappa shape index (κ2) is 18.4. The van der Waals surface area contributed by atoms with E-state index in [0.29, 0.717) is 0 Å². The molecule has 0 spiro atoms. The lowest BCUT2D eigenvalue weighted by Gasteiger charge is -2.03. The molecular weight excluding hydrogens is 272 g/mol. The highest BCUT2D eigenvalue weighted by Crippen LogP contribution is 2.25. The summed E-state index contributed by atoms with van der Waals surface area (Å²) in [5.74, 6) is 6.10. The zero-order chi connectivity index (χ0) is 11.8. The Labute approximate surface area is 127 Å². The Balaban J connectivity index is -0.0000000864. The third-order valence-electron chi connectivity index (χ3n) is 2.72. The first kappa shape index (κ1) is 31.6. The number of imidazole rings is 1. The van der Waals surface area contributed by atoms with Crippen LogP contribution in [0, 0.1) is 17.8 Å². The number of allylic oxidation sites excluding steroid dienone is 2. The Bertz CT molecular complexity index is 386. The van der Waals surface area contributed by atoms with E-state index in [1.165, 1.54) is 18.5 Å². The SMILES string of the molecule is C.CC#CC.CC1=CC(Cc2cnc[nH]2)CC1.O.O.O.O. The number of aromatic amines is 1. The van der Waals surface area contributed by atoms with Gasteiger partial charge in [0.1, 0.15) is 0 Å². The van der Waals surface area contributed by atoms with Gasteiger partial charge in [-0.25, -0.2) is 4.98 Å². The predicted molar refractivity (Wildman–Crippen MR) is 89.1 cm³/mol. The van der Waals surface area contributed by atoms with Crippen LogP contribution in [0.25, 0.3) is 0 Å². The van der Waals surface area contributed by atoms with Gasteiger partial charge in [0, 0.05) is 11.9 Å². The molecule has 126 valence electrons. The molecule has 1 aromatic heterocycles. The molecule has 0 aromatic carbocycles. The maximum absolute atomic E-state index is 4.01. The smallest absolute Gasteiger partial charge is 0.0921 e. The summed E-state index contributed by atoms with van der Waals surface area (Å²) < 4.78 is 0. The second-order valence-electron chi connectivity index (χ2n) is 4.09. The third kappa shape index (κ3) is 13.1. The summed E-state index contributed by atoms with van der Waals surface area (Å²) in [7, 11) is 0. The Hall–Kier alpha value is -1.65. The van der Waals surface area contributed by atoms with Gasteiger partial charge in [0.2, 0.25) is 0 Å². The van der Waals surface area contributed by atoms with E-state index in [-0.39, 0.29) is 29.3 Å². The van der Waals surface area contributed by atoms with Crippen LogP contribution in [0.3, 0.4) is 0 Å². The zero-order valence-electron chi connectivity index (χ0n) is 12.4. The Kier molecular flexibility index (Phi) is 27.6. The average molecular weight is 304 g/mol. The van der Waals surface area contributed by atoms with Gasteiger partial charge in [-0.3, -0.25) is 0 Å². The lowest BCUT2D eigenvalue weighted by molar-refractivity contribution is 0.620. The third-order valence-corrected chi connectivity index (χ3v) is 2.72. The predicted octanol–water partition coefficient (Wildman–Crippen LogP) is 0.675. The van der Waals surface area contributed by atoms with Crippen molar-refractivity contribution in [2.24, 2.45) is 5.92 Å². The van der Waals surface area contributed by atoms with Gasteiger partial charge in [-0.2, -0.15) is 0 Å². The van der Waals surface area contributed by atoms with E-state index < -0.39 is 0 Å². The Morgan fingerprint density at radius 1 is 1.19 bits per heavy atom. The van der Waals surface area contributed by atoms with Crippen molar-refractivity contribution in [3.63, 3.8) is 0 Å². The summed E-state index contributed by atoms with van der Waals surface area (Å²) in [5, 5.41) is 0. The highest BCUT2D eigenvalue weighted by Gasteiger charge is 2.13. The summed E-state index contributed by atoms with van der Waals surface area (Å²) in [6, 6.07) is 0. The summed E-state index contributed by atoms with van der Waals surface area (Å²) in [6.07, 6.45) is 9.77. The normalized spacial score (nSPS) is 13.7. The van der Waals surface area contributed by atoms with Crippen molar-refractivity contribution in [3.05, 3.63) is 29.9 Å². The van der Waals surface area contributed by atoms with Gasteiger partial charge in [-0.1, -0.05) is 19.1 Å². The molecule has 0 aliphatic heterocycles. The van der Waals surface area contributed by atoms with Crippen molar-refractivity contribution in [2.45, 2.75) is 47.5 Å². The van der Waals surface area contributed by atoms with Crippen molar-refractivity contribution in [1.82, 2.24) is 9.97 Å². The molecule has 0 radical (unpaired) electrons. The largest absolute Gasteiger partial charge is 0.412 e. The molecule has 0 amide bonds. The molecule has 0 fully saturated rings. The number of nitrogens with one attached hydrogen (secondary N) is 1. The van der Waals surface area contributed by atoms with Crippen molar-refractivity contribution in [1.29, 1.82) is 0 Å². The highest BCUT2D eigenvalue weighted by molar-refractivity contribution is 5.11. The maximum Gasteiger partial charge on any atom is 0.0921 e. The second-order valence-corrected chi connectivity index (χ2v) is 4.09. The maximum atomic E-state index is 4.01. The van der Waals surface area contributed by atoms with Gasteiger partial charge >= 0.3 is 0 Å². The number of nitrogens with zero attached hydrogens (tertiary/aromatic N) is 1. The molecule has 9 N–H and O–H groups in total. The van der Waals surface area contributed by atoms with Crippen molar-refractivity contribution < 1.29 is 21.9 Å². The molecule has 2 rings (SSSR count). The molecule has 1 aromatic rings. The molecule has 0 bridgehead atoms. The number of hydrogen-bond acceptors (Lipinski definition) is 1. The minimum atomic E-state index is 0. The summed E-state index contributed by atoms with van der Waals surface area (Å²) >= 11 is 0. The van der Waals surface area contributed by atoms with Gasteiger partial charge in [0.25, 0.3) is 0 Å². The minimum absolute atomic E-state index is 0. The van der Waals surface area contributed by atoms with E-state index in [2.05, 4.69) is 34.8 Å². The van der Waals surface area contributed by atoms with Crippen LogP contribution in [0.15, 0.2) is 24.2 Å². The van der Waals surface area contributed by atoms with E-state index in [1.807, 2.05) is 20.0 Å². The molecule has 1 aliphatic rings. The average Bonchev–Trinajstić information content (AvgIpc) is 2.91. The number of hydrogen-bond donors (Lipinski definition) is 1. The molecule has 21 heavy (non-hydrogen) atoms. The first-order valence-electron chi connectivity index (χ1n) is 5.74. The molecule has 1 heterocycles. The number of H-pyrrole nitrogens is 1. The molecule has 1 atom stereocenters. The van der Waals surface area contributed by atoms with Crippen LogP contribution >= 0.6 is 0 Å². The van der Waals surface area contributed by atoms with Crippen LogP contribution in [0.1, 0.15) is 46.7 Å². The number of aromatic nitrogens is 2. The van der Waals surface area contributed by atoms with Crippen LogP contribution in [0.5, 0.6) is 0 Å². The van der Waals surface area contributed by atoms with Gasteiger partial charge < -0.3 is 26.9 Å². The first-order valence-corrected chi connectivity index (χ1v) is 5.74. The quantitative estimate of drug-likeness (QED) is 0.619. The molecular formula is C15H32N2O4. The van der Waals surface area contributed by atoms with E-state index >= 15 is 0 Å². The van der Waals surface area contributed by atoms with Crippen LogP contribution in [-0.2, 0) is 6.42 Å². The van der Waals surface area contributed by atoms with E-state index in [0.717, 1.165) is 12.3 Å². The van der Waals surface area contributed by atoms with Gasteiger partial charge in [0.05, 0.1) is 6.33 Å².